The van der Waals surface area contributed by atoms with E-state index >= 15 is 0 Å². The summed E-state index contributed by atoms with van der Waals surface area (Å²) in [6.45, 7) is 4.22. The van der Waals surface area contributed by atoms with Crippen molar-refractivity contribution in [2.24, 2.45) is 0 Å². The summed E-state index contributed by atoms with van der Waals surface area (Å²) in [6.07, 6.45) is 5.29. The quantitative estimate of drug-likeness (QED) is 0.471. The highest BCUT2D eigenvalue weighted by Crippen LogP contribution is 1.99. The Morgan fingerprint density at radius 3 is 2.80 bits per heavy atom. The summed E-state index contributed by atoms with van der Waals surface area (Å²) in [7, 11) is 2.10. The fourth-order valence-corrected chi connectivity index (χ4v) is 1.40. The van der Waals surface area contributed by atoms with E-state index in [1.807, 2.05) is 0 Å². The standard InChI is InChI=1S/C8H14N2/c1-4-8-6-10(3)5-7(2)9-8/h1,7-9H,5-6H2,2-3H3/t7-,8+/m1/s1. The molecule has 0 radical (unpaired) electrons. The van der Waals surface area contributed by atoms with Gasteiger partial charge < -0.3 is 4.90 Å². The maximum atomic E-state index is 5.29. The molecule has 2 nitrogen and oxygen atoms in total. The minimum absolute atomic E-state index is 0.244. The second-order valence-electron chi connectivity index (χ2n) is 3.01. The number of hydrogen-bond donors (Lipinski definition) is 1. The Morgan fingerprint density at radius 1 is 1.60 bits per heavy atom. The van der Waals surface area contributed by atoms with Gasteiger partial charge in [-0.3, -0.25) is 5.32 Å². The first-order valence-electron chi connectivity index (χ1n) is 3.63. The number of terminal acetylenes is 1. The van der Waals surface area contributed by atoms with Crippen molar-refractivity contribution in [3.8, 4) is 12.3 Å². The van der Waals surface area contributed by atoms with Gasteiger partial charge in [-0.2, -0.15) is 0 Å². The van der Waals surface area contributed by atoms with Gasteiger partial charge in [0, 0.05) is 19.1 Å². The zero-order valence-electron chi connectivity index (χ0n) is 6.59. The van der Waals surface area contributed by atoms with E-state index in [2.05, 4.69) is 30.1 Å². The van der Waals surface area contributed by atoms with E-state index in [0.29, 0.717) is 6.04 Å². The van der Waals surface area contributed by atoms with E-state index in [1.165, 1.54) is 0 Å². The van der Waals surface area contributed by atoms with Gasteiger partial charge in [0.05, 0.1) is 6.04 Å². The average molecular weight is 138 g/mol. The highest BCUT2D eigenvalue weighted by atomic mass is 15.2. The molecule has 0 aromatic rings. The number of hydrogen-bond acceptors (Lipinski definition) is 2. The van der Waals surface area contributed by atoms with Crippen molar-refractivity contribution in [2.75, 3.05) is 20.1 Å². The summed E-state index contributed by atoms with van der Waals surface area (Å²) in [5, 5.41) is 3.32. The van der Waals surface area contributed by atoms with Crippen LogP contribution < -0.4 is 5.32 Å². The first-order valence-corrected chi connectivity index (χ1v) is 3.63. The number of nitrogens with one attached hydrogen (secondary N) is 1. The Morgan fingerprint density at radius 2 is 2.30 bits per heavy atom. The monoisotopic (exact) mass is 138 g/mol. The van der Waals surface area contributed by atoms with Crippen LogP contribution in [0.2, 0.25) is 0 Å². The minimum atomic E-state index is 0.244. The van der Waals surface area contributed by atoms with E-state index in [-0.39, 0.29) is 6.04 Å². The van der Waals surface area contributed by atoms with Crippen LogP contribution in [0.5, 0.6) is 0 Å². The van der Waals surface area contributed by atoms with E-state index in [9.17, 15) is 0 Å². The molecule has 0 unspecified atom stereocenters. The zero-order chi connectivity index (χ0) is 7.56. The van der Waals surface area contributed by atoms with Gasteiger partial charge in [-0.05, 0) is 14.0 Å². The molecule has 0 spiro atoms. The lowest BCUT2D eigenvalue weighted by Crippen LogP contribution is -2.53. The van der Waals surface area contributed by atoms with E-state index in [0.717, 1.165) is 13.1 Å². The van der Waals surface area contributed by atoms with Crippen LogP contribution in [0.4, 0.5) is 0 Å². The fourth-order valence-electron chi connectivity index (χ4n) is 1.40. The molecule has 10 heavy (non-hydrogen) atoms. The second kappa shape index (κ2) is 3.05. The molecule has 1 aliphatic rings. The smallest absolute Gasteiger partial charge is 0.0818 e. The lowest BCUT2D eigenvalue weighted by atomic mass is 10.1. The van der Waals surface area contributed by atoms with E-state index in [4.69, 9.17) is 6.42 Å². The molecule has 1 aliphatic heterocycles. The van der Waals surface area contributed by atoms with Gasteiger partial charge in [0.25, 0.3) is 0 Å². The highest BCUT2D eigenvalue weighted by Gasteiger charge is 2.18. The van der Waals surface area contributed by atoms with Crippen molar-refractivity contribution in [3.63, 3.8) is 0 Å². The molecule has 1 heterocycles. The van der Waals surface area contributed by atoms with Crippen LogP contribution in [0, 0.1) is 12.3 Å². The average Bonchev–Trinajstić information content (AvgIpc) is 1.85. The maximum Gasteiger partial charge on any atom is 0.0818 e. The van der Waals surface area contributed by atoms with Crippen LogP contribution in [0.1, 0.15) is 6.92 Å². The van der Waals surface area contributed by atoms with Crippen LogP contribution in [-0.4, -0.2) is 37.1 Å². The predicted octanol–water partition coefficient (Wildman–Crippen LogP) is -0.0883. The molecule has 0 bridgehead atoms. The molecule has 0 saturated carbocycles. The Labute approximate surface area is 62.6 Å². The Kier molecular flexibility index (Phi) is 2.31. The maximum absolute atomic E-state index is 5.29. The van der Waals surface area contributed by atoms with Gasteiger partial charge >= 0.3 is 0 Å². The van der Waals surface area contributed by atoms with Crippen molar-refractivity contribution in [3.05, 3.63) is 0 Å². The summed E-state index contributed by atoms with van der Waals surface area (Å²) < 4.78 is 0. The topological polar surface area (TPSA) is 15.3 Å². The number of piperazine rings is 1. The van der Waals surface area contributed by atoms with Crippen LogP contribution in [0.25, 0.3) is 0 Å². The lowest BCUT2D eigenvalue weighted by Gasteiger charge is -2.32. The third-order valence-electron chi connectivity index (χ3n) is 1.77. The van der Waals surface area contributed by atoms with E-state index < -0.39 is 0 Å². The van der Waals surface area contributed by atoms with Gasteiger partial charge in [-0.25, -0.2) is 0 Å². The number of nitrogens with zero attached hydrogens (tertiary/aromatic N) is 1. The van der Waals surface area contributed by atoms with Crippen molar-refractivity contribution in [1.82, 2.24) is 10.2 Å². The summed E-state index contributed by atoms with van der Waals surface area (Å²) in [5.74, 6) is 2.71. The molecule has 0 amide bonds. The molecule has 2 heteroatoms. The lowest BCUT2D eigenvalue weighted by molar-refractivity contribution is 0.224. The SMILES string of the molecule is C#C[C@H]1CN(C)C[C@@H](C)N1. The van der Waals surface area contributed by atoms with Crippen LogP contribution >= 0.6 is 0 Å². The first kappa shape index (κ1) is 7.59. The fraction of sp³-hybridized carbons (Fsp3) is 0.750. The molecular weight excluding hydrogens is 124 g/mol. The van der Waals surface area contributed by atoms with Crippen LogP contribution in [-0.2, 0) is 0 Å². The molecule has 1 saturated heterocycles. The van der Waals surface area contributed by atoms with Crippen molar-refractivity contribution < 1.29 is 0 Å². The van der Waals surface area contributed by atoms with Crippen LogP contribution in [0.15, 0.2) is 0 Å². The molecule has 1 rings (SSSR count). The highest BCUT2D eigenvalue weighted by molar-refractivity contribution is 5.03. The Balaban J connectivity index is 2.44. The second-order valence-corrected chi connectivity index (χ2v) is 3.01. The van der Waals surface area contributed by atoms with Crippen molar-refractivity contribution in [1.29, 1.82) is 0 Å². The van der Waals surface area contributed by atoms with Gasteiger partial charge in [0.2, 0.25) is 0 Å². The van der Waals surface area contributed by atoms with Gasteiger partial charge in [0.1, 0.15) is 0 Å². The molecule has 2 atom stereocenters. The minimum Gasteiger partial charge on any atom is -0.302 e. The molecule has 0 aromatic carbocycles. The van der Waals surface area contributed by atoms with Gasteiger partial charge in [0.15, 0.2) is 0 Å². The summed E-state index contributed by atoms with van der Waals surface area (Å²) >= 11 is 0. The largest absolute Gasteiger partial charge is 0.302 e. The van der Waals surface area contributed by atoms with Gasteiger partial charge in [-0.1, -0.05) is 5.92 Å². The van der Waals surface area contributed by atoms with Crippen molar-refractivity contribution >= 4 is 0 Å². The zero-order valence-corrected chi connectivity index (χ0v) is 6.59. The normalized spacial score (nSPS) is 35.3. The first-order chi connectivity index (χ1) is 4.72. The summed E-state index contributed by atoms with van der Waals surface area (Å²) in [4.78, 5) is 2.26. The Bertz CT molecular complexity index is 138. The molecule has 1 N–H and O–H groups in total. The van der Waals surface area contributed by atoms with E-state index in [1.54, 1.807) is 0 Å². The third kappa shape index (κ3) is 1.73. The summed E-state index contributed by atoms with van der Waals surface area (Å²) in [6, 6.07) is 0.772. The van der Waals surface area contributed by atoms with Crippen LogP contribution in [0.3, 0.4) is 0 Å². The third-order valence-corrected chi connectivity index (χ3v) is 1.77. The molecule has 0 aliphatic carbocycles. The molecule has 1 fully saturated rings. The summed E-state index contributed by atoms with van der Waals surface area (Å²) in [5.41, 5.74) is 0. The predicted molar refractivity (Wildman–Crippen MR) is 42.7 cm³/mol. The Hall–Kier alpha value is -0.520. The molecule has 0 aromatic heterocycles. The molecular formula is C8H14N2. The van der Waals surface area contributed by atoms with Gasteiger partial charge in [-0.15, -0.1) is 6.42 Å². The number of rotatable bonds is 0. The number of likely N-dealkylation sites (N-methyl/N-ethyl adjacent to an activating group) is 1. The van der Waals surface area contributed by atoms with Crippen molar-refractivity contribution in [2.45, 2.75) is 19.0 Å². The molecule has 56 valence electrons.